The zero-order chi connectivity index (χ0) is 21.3. The van der Waals surface area contributed by atoms with Crippen molar-refractivity contribution in [1.29, 1.82) is 0 Å². The Morgan fingerprint density at radius 3 is 2.30 bits per heavy atom. The summed E-state index contributed by atoms with van der Waals surface area (Å²) in [6, 6.07) is 13.0. The van der Waals surface area contributed by atoms with Crippen LogP contribution in [-0.2, 0) is 21.2 Å². The van der Waals surface area contributed by atoms with E-state index >= 15 is 0 Å². The molecule has 1 N–H and O–H groups in total. The predicted octanol–water partition coefficient (Wildman–Crippen LogP) is 1.65. The number of sulfonamides is 1. The molecule has 8 nitrogen and oxygen atoms in total. The third kappa shape index (κ3) is 3.96. The number of benzene rings is 2. The highest BCUT2D eigenvalue weighted by Gasteiger charge is 2.30. The van der Waals surface area contributed by atoms with Crippen molar-refractivity contribution in [3.8, 4) is 0 Å². The van der Waals surface area contributed by atoms with E-state index in [0.29, 0.717) is 21.5 Å². The molecule has 1 aromatic heterocycles. The maximum absolute atomic E-state index is 12.8. The number of H-pyrrole nitrogens is 1. The molecule has 0 spiro atoms. The molecule has 1 fully saturated rings. The van der Waals surface area contributed by atoms with Gasteiger partial charge in [-0.2, -0.15) is 9.40 Å². The SMILES string of the molecule is O=C(Cc1n[nH]c(=O)c2ccccc12)N1CCN(S(=O)(=O)c2ccc(Cl)cc2)CC1. The number of nitrogens with zero attached hydrogens (tertiary/aromatic N) is 3. The first-order valence-corrected chi connectivity index (χ1v) is 11.2. The molecule has 0 radical (unpaired) electrons. The van der Waals surface area contributed by atoms with Crippen LogP contribution in [0.4, 0.5) is 0 Å². The zero-order valence-electron chi connectivity index (χ0n) is 15.9. The summed E-state index contributed by atoms with van der Waals surface area (Å²) in [5.41, 5.74) is 0.189. The maximum atomic E-state index is 12.8. The highest BCUT2D eigenvalue weighted by molar-refractivity contribution is 7.89. The Morgan fingerprint density at radius 2 is 1.63 bits per heavy atom. The number of carbonyl (C=O) groups excluding carboxylic acids is 1. The normalized spacial score (nSPS) is 15.4. The Hall–Kier alpha value is -2.75. The summed E-state index contributed by atoms with van der Waals surface area (Å²) in [6.45, 7) is 0.979. The van der Waals surface area contributed by atoms with E-state index in [4.69, 9.17) is 11.6 Å². The van der Waals surface area contributed by atoms with Gasteiger partial charge in [-0.3, -0.25) is 9.59 Å². The van der Waals surface area contributed by atoms with Crippen molar-refractivity contribution in [2.75, 3.05) is 26.2 Å². The van der Waals surface area contributed by atoms with Crippen LogP contribution in [0, 0.1) is 0 Å². The molecule has 30 heavy (non-hydrogen) atoms. The lowest BCUT2D eigenvalue weighted by Gasteiger charge is -2.34. The number of halogens is 1. The number of piperazine rings is 1. The first kappa shape index (κ1) is 20.5. The Morgan fingerprint density at radius 1 is 1.00 bits per heavy atom. The van der Waals surface area contributed by atoms with E-state index < -0.39 is 10.0 Å². The molecule has 2 heterocycles. The molecule has 1 amide bonds. The van der Waals surface area contributed by atoms with E-state index in [1.165, 1.54) is 28.6 Å². The second-order valence-electron chi connectivity index (χ2n) is 6.96. The van der Waals surface area contributed by atoms with Crippen molar-refractivity contribution in [1.82, 2.24) is 19.4 Å². The Balaban J connectivity index is 1.45. The van der Waals surface area contributed by atoms with Crippen LogP contribution in [0.25, 0.3) is 10.8 Å². The van der Waals surface area contributed by atoms with Gasteiger partial charge in [-0.15, -0.1) is 0 Å². The summed E-state index contributed by atoms with van der Waals surface area (Å²) >= 11 is 5.84. The molecule has 0 unspecified atom stereocenters. The monoisotopic (exact) mass is 446 g/mol. The highest BCUT2D eigenvalue weighted by atomic mass is 35.5. The van der Waals surface area contributed by atoms with Gasteiger partial charge in [0, 0.05) is 36.6 Å². The topological polar surface area (TPSA) is 103 Å². The molecular formula is C20H19ClN4O4S. The van der Waals surface area contributed by atoms with Gasteiger partial charge < -0.3 is 4.90 Å². The fraction of sp³-hybridized carbons (Fsp3) is 0.250. The van der Waals surface area contributed by atoms with Crippen LogP contribution in [0.1, 0.15) is 5.69 Å². The van der Waals surface area contributed by atoms with Gasteiger partial charge in [0.15, 0.2) is 0 Å². The van der Waals surface area contributed by atoms with E-state index in [2.05, 4.69) is 10.2 Å². The minimum atomic E-state index is -3.64. The smallest absolute Gasteiger partial charge is 0.272 e. The predicted molar refractivity (Wildman–Crippen MR) is 113 cm³/mol. The standard InChI is InChI=1S/C20H19ClN4O4S/c21-14-5-7-15(8-6-14)30(28,29)25-11-9-24(10-12-25)19(26)13-18-16-3-1-2-4-17(16)20(27)23-22-18/h1-8H,9-13H2,(H,23,27). The maximum Gasteiger partial charge on any atom is 0.272 e. The second kappa shape index (κ2) is 8.17. The van der Waals surface area contributed by atoms with Crippen molar-refractivity contribution in [2.24, 2.45) is 0 Å². The molecule has 0 saturated carbocycles. The van der Waals surface area contributed by atoms with E-state index in [1.807, 2.05) is 0 Å². The number of rotatable bonds is 4. The molecule has 0 aliphatic carbocycles. The molecule has 10 heteroatoms. The minimum Gasteiger partial charge on any atom is -0.340 e. The molecule has 0 atom stereocenters. The van der Waals surface area contributed by atoms with Gasteiger partial charge in [-0.1, -0.05) is 29.8 Å². The van der Waals surface area contributed by atoms with Crippen molar-refractivity contribution in [3.63, 3.8) is 0 Å². The molecule has 1 aliphatic rings. The van der Waals surface area contributed by atoms with Gasteiger partial charge in [0.2, 0.25) is 15.9 Å². The van der Waals surface area contributed by atoms with Crippen LogP contribution in [0.3, 0.4) is 0 Å². The lowest BCUT2D eigenvalue weighted by Crippen LogP contribution is -2.50. The van der Waals surface area contributed by atoms with Crippen molar-refractivity contribution >= 4 is 38.3 Å². The van der Waals surface area contributed by atoms with Gasteiger partial charge in [-0.05, 0) is 30.3 Å². The van der Waals surface area contributed by atoms with Crippen LogP contribution >= 0.6 is 11.6 Å². The molecular weight excluding hydrogens is 428 g/mol. The Bertz CT molecular complexity index is 1250. The van der Waals surface area contributed by atoms with Crippen molar-refractivity contribution in [2.45, 2.75) is 11.3 Å². The van der Waals surface area contributed by atoms with E-state index in [9.17, 15) is 18.0 Å². The third-order valence-corrected chi connectivity index (χ3v) is 7.30. The number of hydrogen-bond donors (Lipinski definition) is 1. The Kier molecular flexibility index (Phi) is 5.59. The quantitative estimate of drug-likeness (QED) is 0.656. The van der Waals surface area contributed by atoms with Crippen LogP contribution in [0.5, 0.6) is 0 Å². The molecule has 3 aromatic rings. The largest absolute Gasteiger partial charge is 0.340 e. The molecule has 0 bridgehead atoms. The first-order valence-electron chi connectivity index (χ1n) is 9.36. The van der Waals surface area contributed by atoms with E-state index in [0.717, 1.165) is 0 Å². The summed E-state index contributed by atoms with van der Waals surface area (Å²) in [6.07, 6.45) is 0.0290. The summed E-state index contributed by atoms with van der Waals surface area (Å²) in [5.74, 6) is -0.164. The van der Waals surface area contributed by atoms with Crippen LogP contribution < -0.4 is 5.56 Å². The molecule has 4 rings (SSSR count). The molecule has 1 aliphatic heterocycles. The van der Waals surface area contributed by atoms with Crippen molar-refractivity contribution in [3.05, 3.63) is 69.6 Å². The van der Waals surface area contributed by atoms with Gasteiger partial charge in [0.1, 0.15) is 0 Å². The van der Waals surface area contributed by atoms with E-state index in [1.54, 1.807) is 29.2 Å². The lowest BCUT2D eigenvalue weighted by molar-refractivity contribution is -0.131. The minimum absolute atomic E-state index is 0.0290. The summed E-state index contributed by atoms with van der Waals surface area (Å²) < 4.78 is 26.9. The lowest BCUT2D eigenvalue weighted by atomic mass is 10.1. The van der Waals surface area contributed by atoms with Gasteiger partial charge >= 0.3 is 0 Å². The van der Waals surface area contributed by atoms with Gasteiger partial charge in [0.05, 0.1) is 22.4 Å². The second-order valence-corrected chi connectivity index (χ2v) is 9.33. The highest BCUT2D eigenvalue weighted by Crippen LogP contribution is 2.20. The zero-order valence-corrected chi connectivity index (χ0v) is 17.5. The molecule has 1 saturated heterocycles. The average molecular weight is 447 g/mol. The van der Waals surface area contributed by atoms with Crippen molar-refractivity contribution < 1.29 is 13.2 Å². The number of amides is 1. The van der Waals surface area contributed by atoms with Gasteiger partial charge in [-0.25, -0.2) is 13.5 Å². The van der Waals surface area contributed by atoms with Crippen LogP contribution in [-0.4, -0.2) is 59.9 Å². The fourth-order valence-corrected chi connectivity index (χ4v) is 5.04. The average Bonchev–Trinajstić information content (AvgIpc) is 2.76. The third-order valence-electron chi connectivity index (χ3n) is 5.14. The number of fused-ring (bicyclic) bond motifs is 1. The summed E-state index contributed by atoms with van der Waals surface area (Å²) in [4.78, 5) is 26.5. The number of hydrogen-bond acceptors (Lipinski definition) is 5. The fourth-order valence-electron chi connectivity index (χ4n) is 3.49. The van der Waals surface area contributed by atoms with Crippen LogP contribution in [0.15, 0.2) is 58.2 Å². The van der Waals surface area contributed by atoms with Crippen LogP contribution in [0.2, 0.25) is 5.02 Å². The number of aromatic amines is 1. The summed E-state index contributed by atoms with van der Waals surface area (Å²) in [7, 11) is -3.64. The first-order chi connectivity index (χ1) is 14.4. The summed E-state index contributed by atoms with van der Waals surface area (Å²) in [5, 5.41) is 8.05. The molecule has 2 aromatic carbocycles. The number of carbonyl (C=O) groups is 1. The number of aromatic nitrogens is 2. The Labute approximate surface area is 178 Å². The van der Waals surface area contributed by atoms with E-state index in [-0.39, 0.29) is 49.0 Å². The van der Waals surface area contributed by atoms with Gasteiger partial charge in [0.25, 0.3) is 5.56 Å². The molecule has 156 valence electrons. The number of nitrogens with one attached hydrogen (secondary N) is 1.